The van der Waals surface area contributed by atoms with Gasteiger partial charge in [0.25, 0.3) is 0 Å². The van der Waals surface area contributed by atoms with Crippen molar-refractivity contribution in [1.29, 1.82) is 0 Å². The van der Waals surface area contributed by atoms with Gasteiger partial charge in [0.2, 0.25) is 0 Å². The van der Waals surface area contributed by atoms with E-state index in [2.05, 4.69) is 59.5 Å². The molecular weight excluding hydrogens is 461 g/mol. The van der Waals surface area contributed by atoms with Gasteiger partial charge >= 0.3 is 0 Å². The third-order valence-corrected chi connectivity index (χ3v) is 10.3. The Labute approximate surface area is 215 Å². The zero-order chi connectivity index (χ0) is 24.6. The largest absolute Gasteiger partial charge is 0.372 e. The maximum Gasteiger partial charge on any atom is 0.144 e. The van der Waals surface area contributed by atoms with E-state index in [-0.39, 0.29) is 12.1 Å². The minimum absolute atomic E-state index is 0.165. The molecule has 0 aliphatic carbocycles. The standard InChI is InChI=1S/C32H34NO2P/c34-36(31-17-9-3-10-18-31,32-19-11-4-12-20-32)26-29-21-22-30(35-25-28-15-7-2-8-16-28)24-33(29)23-27-13-5-1-6-14-27/h1-20,29-30H,21-26H2/t29-,30+/m1/s1. The zero-order valence-corrected chi connectivity index (χ0v) is 21.5. The second-order valence-corrected chi connectivity index (χ2v) is 12.5. The fourth-order valence-electron chi connectivity index (χ4n) is 5.20. The second kappa shape index (κ2) is 11.8. The molecule has 4 aromatic carbocycles. The fraction of sp³-hybridized carbons (Fsp3) is 0.250. The van der Waals surface area contributed by atoms with Crippen LogP contribution < -0.4 is 10.6 Å². The van der Waals surface area contributed by atoms with E-state index in [9.17, 15) is 4.57 Å². The third kappa shape index (κ3) is 6.05. The lowest BCUT2D eigenvalue weighted by Crippen LogP contribution is -2.48. The summed E-state index contributed by atoms with van der Waals surface area (Å²) in [6.45, 7) is 2.30. The molecule has 4 heteroatoms. The maximum atomic E-state index is 14.8. The number of hydrogen-bond acceptors (Lipinski definition) is 3. The van der Waals surface area contributed by atoms with Crippen LogP contribution in [-0.4, -0.2) is 29.8 Å². The number of ether oxygens (including phenoxy) is 1. The van der Waals surface area contributed by atoms with Crippen molar-refractivity contribution in [2.45, 2.75) is 38.1 Å². The molecule has 4 aromatic rings. The van der Waals surface area contributed by atoms with E-state index < -0.39 is 7.14 Å². The Kier molecular flexibility index (Phi) is 8.13. The second-order valence-electron chi connectivity index (χ2n) is 9.66. The molecule has 1 saturated heterocycles. The van der Waals surface area contributed by atoms with Crippen molar-refractivity contribution < 1.29 is 9.30 Å². The van der Waals surface area contributed by atoms with Gasteiger partial charge in [0.15, 0.2) is 0 Å². The van der Waals surface area contributed by atoms with E-state index in [1.807, 2.05) is 66.7 Å². The Balaban J connectivity index is 1.39. The minimum Gasteiger partial charge on any atom is -0.372 e. The van der Waals surface area contributed by atoms with Gasteiger partial charge in [-0.2, -0.15) is 0 Å². The molecule has 0 N–H and O–H groups in total. The van der Waals surface area contributed by atoms with Crippen molar-refractivity contribution >= 4 is 17.8 Å². The van der Waals surface area contributed by atoms with Gasteiger partial charge < -0.3 is 9.30 Å². The molecule has 0 bridgehead atoms. The smallest absolute Gasteiger partial charge is 0.144 e. The molecule has 0 aromatic heterocycles. The Hall–Kier alpha value is -2.97. The van der Waals surface area contributed by atoms with Crippen molar-refractivity contribution in [2.75, 3.05) is 12.7 Å². The molecule has 36 heavy (non-hydrogen) atoms. The third-order valence-electron chi connectivity index (χ3n) is 7.15. The van der Waals surface area contributed by atoms with Crippen molar-refractivity contribution in [1.82, 2.24) is 4.90 Å². The molecular formula is C32H34NO2P. The zero-order valence-electron chi connectivity index (χ0n) is 20.7. The van der Waals surface area contributed by atoms with Crippen LogP contribution in [0.15, 0.2) is 121 Å². The number of benzene rings is 4. The average Bonchev–Trinajstić information content (AvgIpc) is 2.95. The van der Waals surface area contributed by atoms with Crippen LogP contribution in [0.2, 0.25) is 0 Å². The summed E-state index contributed by atoms with van der Waals surface area (Å²) >= 11 is 0. The molecule has 0 amide bonds. The first-order valence-electron chi connectivity index (χ1n) is 12.8. The molecule has 0 unspecified atom stereocenters. The fourth-order valence-corrected chi connectivity index (χ4v) is 8.23. The summed E-state index contributed by atoms with van der Waals surface area (Å²) in [5.41, 5.74) is 2.48. The number of nitrogens with zero attached hydrogens (tertiary/aromatic N) is 1. The summed E-state index contributed by atoms with van der Waals surface area (Å²) in [6.07, 6.45) is 2.75. The van der Waals surface area contributed by atoms with Crippen LogP contribution in [0.1, 0.15) is 24.0 Å². The molecule has 0 spiro atoms. The van der Waals surface area contributed by atoms with Gasteiger partial charge in [-0.25, -0.2) is 0 Å². The highest BCUT2D eigenvalue weighted by Crippen LogP contribution is 2.46. The first kappa shape index (κ1) is 24.7. The first-order valence-corrected chi connectivity index (χ1v) is 14.7. The van der Waals surface area contributed by atoms with Crippen molar-refractivity contribution in [3.63, 3.8) is 0 Å². The van der Waals surface area contributed by atoms with E-state index in [4.69, 9.17) is 4.74 Å². The molecule has 1 aliphatic rings. The molecule has 5 rings (SSSR count). The highest BCUT2D eigenvalue weighted by Gasteiger charge is 2.36. The Morgan fingerprint density at radius 3 is 1.72 bits per heavy atom. The summed E-state index contributed by atoms with van der Waals surface area (Å²) in [5.74, 6) is 0. The SMILES string of the molecule is O=P(C[C@H]1CC[C@H](OCc2ccccc2)CN1Cc1ccccc1)(c1ccccc1)c1ccccc1. The molecule has 2 atom stereocenters. The van der Waals surface area contributed by atoms with E-state index in [1.54, 1.807) is 0 Å². The number of likely N-dealkylation sites (tertiary alicyclic amines) is 1. The van der Waals surface area contributed by atoms with E-state index in [1.165, 1.54) is 11.1 Å². The van der Waals surface area contributed by atoms with Gasteiger partial charge in [0.05, 0.1) is 12.7 Å². The van der Waals surface area contributed by atoms with E-state index in [0.717, 1.165) is 36.5 Å². The predicted molar refractivity (Wildman–Crippen MR) is 150 cm³/mol. The van der Waals surface area contributed by atoms with E-state index >= 15 is 0 Å². The summed E-state index contributed by atoms with van der Waals surface area (Å²) in [5, 5.41) is 1.89. The average molecular weight is 496 g/mol. The van der Waals surface area contributed by atoms with Crippen molar-refractivity contribution in [2.24, 2.45) is 0 Å². The van der Waals surface area contributed by atoms with Crippen LogP contribution in [0.5, 0.6) is 0 Å². The highest BCUT2D eigenvalue weighted by atomic mass is 31.2. The van der Waals surface area contributed by atoms with Gasteiger partial charge in [-0.05, 0) is 24.0 Å². The molecule has 0 saturated carbocycles. The van der Waals surface area contributed by atoms with Gasteiger partial charge in [-0.1, -0.05) is 121 Å². The molecule has 1 aliphatic heterocycles. The van der Waals surface area contributed by atoms with Crippen LogP contribution in [0.4, 0.5) is 0 Å². The van der Waals surface area contributed by atoms with Gasteiger partial charge in [0.1, 0.15) is 7.14 Å². The van der Waals surface area contributed by atoms with Gasteiger partial charge in [-0.3, -0.25) is 4.90 Å². The Bertz CT molecular complexity index is 1210. The lowest BCUT2D eigenvalue weighted by atomic mass is 10.00. The van der Waals surface area contributed by atoms with Crippen molar-refractivity contribution in [3.05, 3.63) is 132 Å². The number of piperidine rings is 1. The maximum absolute atomic E-state index is 14.8. The Morgan fingerprint density at radius 1 is 0.667 bits per heavy atom. The molecule has 1 heterocycles. The quantitative estimate of drug-likeness (QED) is 0.257. The van der Waals surface area contributed by atoms with Crippen molar-refractivity contribution in [3.8, 4) is 0 Å². The van der Waals surface area contributed by atoms with Gasteiger partial charge in [0, 0.05) is 35.9 Å². The highest BCUT2D eigenvalue weighted by molar-refractivity contribution is 7.78. The molecule has 3 nitrogen and oxygen atoms in total. The number of rotatable bonds is 9. The van der Waals surface area contributed by atoms with Crippen LogP contribution in [0.3, 0.4) is 0 Å². The van der Waals surface area contributed by atoms with E-state index in [0.29, 0.717) is 12.8 Å². The van der Waals surface area contributed by atoms with Gasteiger partial charge in [-0.15, -0.1) is 0 Å². The van der Waals surface area contributed by atoms with Crippen LogP contribution in [-0.2, 0) is 22.5 Å². The normalized spacial score (nSPS) is 18.7. The topological polar surface area (TPSA) is 29.5 Å². The summed E-state index contributed by atoms with van der Waals surface area (Å²) in [7, 11) is -2.80. The van der Waals surface area contributed by atoms with Crippen LogP contribution >= 0.6 is 7.14 Å². The predicted octanol–water partition coefficient (Wildman–Crippen LogP) is 6.25. The molecule has 184 valence electrons. The minimum atomic E-state index is -2.80. The summed E-state index contributed by atoms with van der Waals surface area (Å²) in [4.78, 5) is 2.51. The lowest BCUT2D eigenvalue weighted by molar-refractivity contribution is -0.0275. The first-order chi connectivity index (χ1) is 17.7. The molecule has 1 fully saturated rings. The summed E-state index contributed by atoms with van der Waals surface area (Å²) in [6, 6.07) is 41.3. The molecule has 0 radical (unpaired) electrons. The van der Waals surface area contributed by atoms with Crippen LogP contribution in [0, 0.1) is 0 Å². The monoisotopic (exact) mass is 495 g/mol. The lowest BCUT2D eigenvalue weighted by Gasteiger charge is -2.41. The summed E-state index contributed by atoms with van der Waals surface area (Å²) < 4.78 is 21.2. The Morgan fingerprint density at radius 2 is 1.17 bits per heavy atom. The van der Waals surface area contributed by atoms with Crippen LogP contribution in [0.25, 0.3) is 0 Å². The number of hydrogen-bond donors (Lipinski definition) is 0.